The van der Waals surface area contributed by atoms with Crippen molar-refractivity contribution in [1.82, 2.24) is 5.32 Å². The number of primary amides is 1. The third kappa shape index (κ3) is 10.3. The number of nitrogens with one attached hydrogen (secondary N) is 1. The monoisotopic (exact) mass is 630 g/mol. The smallest absolute Gasteiger partial charge is 0.335 e. The first-order chi connectivity index (χ1) is 21.8. The predicted octanol–water partition coefficient (Wildman–Crippen LogP) is 6.44. The highest BCUT2D eigenvalue weighted by Gasteiger charge is 2.25. The Hall–Kier alpha value is -4.43. The van der Waals surface area contributed by atoms with E-state index in [0.717, 1.165) is 16.7 Å². The van der Waals surface area contributed by atoms with E-state index in [-0.39, 0.29) is 25.8 Å². The van der Waals surface area contributed by atoms with Crippen LogP contribution in [0.1, 0.15) is 46.5 Å². The first kappa shape index (κ1) is 33.5. The Morgan fingerprint density at radius 2 is 1.24 bits per heavy atom. The molecular formula is C35H39N2O7P. The lowest BCUT2D eigenvalue weighted by Gasteiger charge is -2.19. The van der Waals surface area contributed by atoms with Crippen LogP contribution in [0.4, 0.5) is 0 Å². The van der Waals surface area contributed by atoms with Gasteiger partial charge in [-0.3, -0.25) is 14.2 Å². The fourth-order valence-corrected chi connectivity index (χ4v) is 6.29. The molecule has 1 atom stereocenters. The van der Waals surface area contributed by atoms with Crippen LogP contribution in [-0.4, -0.2) is 31.1 Å². The van der Waals surface area contributed by atoms with Crippen molar-refractivity contribution in [1.29, 1.82) is 0 Å². The van der Waals surface area contributed by atoms with Crippen molar-refractivity contribution < 1.29 is 32.7 Å². The third-order valence-electron chi connectivity index (χ3n) is 6.81. The second kappa shape index (κ2) is 16.6. The van der Waals surface area contributed by atoms with Gasteiger partial charge in [0.05, 0.1) is 19.4 Å². The molecule has 0 radical (unpaired) electrons. The Kier molecular flexibility index (Phi) is 12.3. The zero-order valence-corrected chi connectivity index (χ0v) is 26.4. The Morgan fingerprint density at radius 1 is 0.711 bits per heavy atom. The van der Waals surface area contributed by atoms with Crippen LogP contribution in [0.5, 0.6) is 11.5 Å². The quantitative estimate of drug-likeness (QED) is 0.129. The van der Waals surface area contributed by atoms with E-state index in [2.05, 4.69) is 5.32 Å². The van der Waals surface area contributed by atoms with Gasteiger partial charge in [-0.1, -0.05) is 78.9 Å². The molecule has 0 aliphatic heterocycles. The Balaban J connectivity index is 1.46. The Morgan fingerprint density at radius 3 is 1.78 bits per heavy atom. The zero-order valence-electron chi connectivity index (χ0n) is 25.5. The summed E-state index contributed by atoms with van der Waals surface area (Å²) in [6.07, 6.45) is 0.228. The van der Waals surface area contributed by atoms with Crippen LogP contribution in [0.3, 0.4) is 0 Å². The average Bonchev–Trinajstić information content (AvgIpc) is 3.04. The minimum atomic E-state index is -3.29. The van der Waals surface area contributed by atoms with E-state index in [0.29, 0.717) is 35.8 Å². The summed E-state index contributed by atoms with van der Waals surface area (Å²) in [5.74, 6) is -0.0812. The van der Waals surface area contributed by atoms with Gasteiger partial charge in [0.2, 0.25) is 5.91 Å². The number of amides is 2. The second-order valence-electron chi connectivity index (χ2n) is 10.3. The molecule has 0 saturated carbocycles. The molecule has 45 heavy (non-hydrogen) atoms. The molecule has 0 fully saturated rings. The lowest BCUT2D eigenvalue weighted by molar-refractivity contribution is -0.119. The molecule has 0 aliphatic carbocycles. The van der Waals surface area contributed by atoms with Crippen LogP contribution in [-0.2, 0) is 44.2 Å². The maximum absolute atomic E-state index is 13.1. The van der Waals surface area contributed by atoms with Crippen LogP contribution in [0.2, 0.25) is 0 Å². The van der Waals surface area contributed by atoms with Crippen molar-refractivity contribution >= 4 is 19.4 Å². The van der Waals surface area contributed by atoms with Gasteiger partial charge in [0.15, 0.2) is 11.5 Å². The van der Waals surface area contributed by atoms with Crippen LogP contribution in [0.25, 0.3) is 0 Å². The summed E-state index contributed by atoms with van der Waals surface area (Å²) in [5.41, 5.74) is 9.46. The number of carbonyl (C=O) groups is 2. The molecule has 0 bridgehead atoms. The SMILES string of the molecule is CCOP(=O)(Cc1ccc(C(=O)N[C@H](Cc2ccc(OCc3ccccc3)c(OCc3ccccc3)c2)C(N)=O)cc1)OCC. The fraction of sp³-hybridized carbons (Fsp3) is 0.257. The zero-order chi connectivity index (χ0) is 32.1. The van der Waals surface area contributed by atoms with Gasteiger partial charge >= 0.3 is 7.60 Å². The third-order valence-corrected chi connectivity index (χ3v) is 8.87. The number of benzene rings is 4. The number of nitrogens with two attached hydrogens (primary N) is 1. The number of hydrogen-bond acceptors (Lipinski definition) is 7. The lowest BCUT2D eigenvalue weighted by atomic mass is 10.0. The van der Waals surface area contributed by atoms with Gasteiger partial charge in [-0.05, 0) is 60.4 Å². The normalized spacial score (nSPS) is 11.9. The summed E-state index contributed by atoms with van der Waals surface area (Å²) >= 11 is 0. The largest absolute Gasteiger partial charge is 0.485 e. The molecule has 0 spiro atoms. The van der Waals surface area contributed by atoms with Gasteiger partial charge in [-0.25, -0.2) is 0 Å². The van der Waals surface area contributed by atoms with Crippen molar-refractivity contribution in [3.8, 4) is 11.5 Å². The van der Waals surface area contributed by atoms with Crippen LogP contribution in [0, 0.1) is 0 Å². The van der Waals surface area contributed by atoms with E-state index in [4.69, 9.17) is 24.3 Å². The molecule has 236 valence electrons. The van der Waals surface area contributed by atoms with Gasteiger partial charge in [0.1, 0.15) is 19.3 Å². The molecule has 4 aromatic carbocycles. The van der Waals surface area contributed by atoms with Crippen molar-refractivity contribution in [2.45, 2.75) is 45.7 Å². The van der Waals surface area contributed by atoms with Crippen LogP contribution >= 0.6 is 7.60 Å². The standard InChI is InChI=1S/C35H39N2O7P/c1-3-43-45(40,44-4-2)25-28-15-18-30(19-16-28)35(39)37-31(34(36)38)21-29-17-20-32(41-23-26-11-7-5-8-12-26)33(22-29)42-24-27-13-9-6-10-14-27/h5-20,22,31H,3-4,21,23-25H2,1-2H3,(H2,36,38)(H,37,39)/t31-/m1/s1. The first-order valence-corrected chi connectivity index (χ1v) is 16.5. The lowest BCUT2D eigenvalue weighted by Crippen LogP contribution is -2.45. The highest BCUT2D eigenvalue weighted by Crippen LogP contribution is 2.51. The van der Waals surface area contributed by atoms with E-state index in [1.807, 2.05) is 66.7 Å². The van der Waals surface area contributed by atoms with Gasteiger partial charge in [0, 0.05) is 12.0 Å². The molecule has 9 nitrogen and oxygen atoms in total. The summed E-state index contributed by atoms with van der Waals surface area (Å²) in [4.78, 5) is 25.5. The molecule has 3 N–H and O–H groups in total. The molecule has 0 aromatic heterocycles. The Labute approximate surface area is 264 Å². The van der Waals surface area contributed by atoms with Gasteiger partial charge in [-0.15, -0.1) is 0 Å². The molecule has 4 rings (SSSR count). The summed E-state index contributed by atoms with van der Waals surface area (Å²) in [6.45, 7) is 4.70. The van der Waals surface area contributed by atoms with Crippen molar-refractivity contribution in [2.24, 2.45) is 5.73 Å². The second-order valence-corrected chi connectivity index (χ2v) is 12.3. The maximum Gasteiger partial charge on any atom is 0.335 e. The first-order valence-electron chi connectivity index (χ1n) is 14.8. The molecule has 0 aliphatic rings. The highest BCUT2D eigenvalue weighted by molar-refractivity contribution is 7.53. The number of hydrogen-bond donors (Lipinski definition) is 2. The molecule has 10 heteroatoms. The highest BCUT2D eigenvalue weighted by atomic mass is 31.2. The number of carbonyl (C=O) groups excluding carboxylic acids is 2. The van der Waals surface area contributed by atoms with Gasteiger partial charge in [-0.2, -0.15) is 0 Å². The molecule has 2 amide bonds. The van der Waals surface area contributed by atoms with Crippen molar-refractivity contribution in [3.63, 3.8) is 0 Å². The number of rotatable bonds is 17. The van der Waals surface area contributed by atoms with E-state index in [1.165, 1.54) is 0 Å². The van der Waals surface area contributed by atoms with Gasteiger partial charge in [0.25, 0.3) is 5.91 Å². The average molecular weight is 631 g/mol. The number of ether oxygens (including phenoxy) is 2. The molecule has 0 saturated heterocycles. The summed E-state index contributed by atoms with van der Waals surface area (Å²) in [6, 6.07) is 30.6. The predicted molar refractivity (Wildman–Crippen MR) is 173 cm³/mol. The molecular weight excluding hydrogens is 591 g/mol. The van der Waals surface area contributed by atoms with E-state index < -0.39 is 25.5 Å². The van der Waals surface area contributed by atoms with E-state index in [1.54, 1.807) is 50.2 Å². The molecule has 4 aromatic rings. The van der Waals surface area contributed by atoms with Gasteiger partial charge < -0.3 is 29.6 Å². The summed E-state index contributed by atoms with van der Waals surface area (Å²) in [5, 5.41) is 2.74. The van der Waals surface area contributed by atoms with E-state index in [9.17, 15) is 14.2 Å². The van der Waals surface area contributed by atoms with Crippen molar-refractivity contribution in [2.75, 3.05) is 13.2 Å². The topological polar surface area (TPSA) is 126 Å². The summed E-state index contributed by atoms with van der Waals surface area (Å²) in [7, 11) is -3.29. The van der Waals surface area contributed by atoms with Crippen molar-refractivity contribution in [3.05, 3.63) is 131 Å². The summed E-state index contributed by atoms with van der Waals surface area (Å²) < 4.78 is 35.8. The minimum Gasteiger partial charge on any atom is -0.485 e. The van der Waals surface area contributed by atoms with Crippen LogP contribution < -0.4 is 20.5 Å². The Bertz CT molecular complexity index is 1570. The fourth-order valence-electron chi connectivity index (χ4n) is 4.59. The van der Waals surface area contributed by atoms with E-state index >= 15 is 0 Å². The molecule has 0 unspecified atom stereocenters. The molecule has 0 heterocycles. The van der Waals surface area contributed by atoms with Crippen LogP contribution in [0.15, 0.2) is 103 Å². The maximum atomic E-state index is 13.1. The minimum absolute atomic E-state index is 0.0836.